The molecule has 2 aromatic rings. The number of benzene rings is 1. The fourth-order valence-corrected chi connectivity index (χ4v) is 3.60. The maximum Gasteiger partial charge on any atom is 0.255 e. The summed E-state index contributed by atoms with van der Waals surface area (Å²) in [6.45, 7) is 0.756. The molecule has 1 aliphatic heterocycles. The standard InChI is InChI=1S/C15H13ClN2OS/c16-13-5-3-11(4-6-13)14(19)18-8-9-20-15(18)12-2-1-7-17-10-12/h1-7,10,15H,8-9H2. The second-order valence-electron chi connectivity index (χ2n) is 4.51. The molecule has 0 N–H and O–H groups in total. The Hall–Kier alpha value is -1.52. The first kappa shape index (κ1) is 13.5. The van der Waals surface area contributed by atoms with Gasteiger partial charge in [0.15, 0.2) is 0 Å². The van der Waals surface area contributed by atoms with Crippen LogP contribution in [0.1, 0.15) is 21.3 Å². The zero-order valence-electron chi connectivity index (χ0n) is 10.7. The Morgan fingerprint density at radius 1 is 1.30 bits per heavy atom. The van der Waals surface area contributed by atoms with Gasteiger partial charge in [0.05, 0.1) is 0 Å². The van der Waals surface area contributed by atoms with Crippen molar-refractivity contribution in [1.82, 2.24) is 9.88 Å². The van der Waals surface area contributed by atoms with Crippen LogP contribution in [0.5, 0.6) is 0 Å². The van der Waals surface area contributed by atoms with Crippen molar-refractivity contribution in [3.63, 3.8) is 0 Å². The predicted molar refractivity (Wildman–Crippen MR) is 81.9 cm³/mol. The van der Waals surface area contributed by atoms with Crippen molar-refractivity contribution in [3.8, 4) is 0 Å². The van der Waals surface area contributed by atoms with Gasteiger partial charge in [0.2, 0.25) is 0 Å². The molecule has 3 nitrogen and oxygen atoms in total. The second-order valence-corrected chi connectivity index (χ2v) is 6.14. The number of carbonyl (C=O) groups is 1. The van der Waals surface area contributed by atoms with Crippen LogP contribution >= 0.6 is 23.4 Å². The fraction of sp³-hybridized carbons (Fsp3) is 0.200. The lowest BCUT2D eigenvalue weighted by Gasteiger charge is -2.24. The lowest BCUT2D eigenvalue weighted by atomic mass is 10.2. The maximum absolute atomic E-state index is 12.6. The Bertz CT molecular complexity index is 603. The minimum atomic E-state index is 0.0421. The summed E-state index contributed by atoms with van der Waals surface area (Å²) in [7, 11) is 0. The van der Waals surface area contributed by atoms with Gasteiger partial charge in [0.1, 0.15) is 5.37 Å². The SMILES string of the molecule is O=C(c1ccc(Cl)cc1)N1CCSC1c1cccnc1. The van der Waals surface area contributed by atoms with Crippen LogP contribution in [0.4, 0.5) is 0 Å². The van der Waals surface area contributed by atoms with Crippen molar-refractivity contribution < 1.29 is 4.79 Å². The van der Waals surface area contributed by atoms with E-state index < -0.39 is 0 Å². The smallest absolute Gasteiger partial charge is 0.255 e. The van der Waals surface area contributed by atoms with Gasteiger partial charge < -0.3 is 4.90 Å². The monoisotopic (exact) mass is 304 g/mol. The summed E-state index contributed by atoms with van der Waals surface area (Å²) < 4.78 is 0. The molecule has 1 unspecified atom stereocenters. The molecular weight excluding hydrogens is 292 g/mol. The van der Waals surface area contributed by atoms with Crippen LogP contribution in [0, 0.1) is 0 Å². The van der Waals surface area contributed by atoms with Crippen LogP contribution < -0.4 is 0 Å². The minimum absolute atomic E-state index is 0.0421. The number of hydrogen-bond donors (Lipinski definition) is 0. The van der Waals surface area contributed by atoms with Crippen molar-refractivity contribution >= 4 is 29.3 Å². The molecule has 0 aliphatic carbocycles. The van der Waals surface area contributed by atoms with Gasteiger partial charge in [0.25, 0.3) is 5.91 Å². The van der Waals surface area contributed by atoms with E-state index in [-0.39, 0.29) is 11.3 Å². The van der Waals surface area contributed by atoms with Crippen LogP contribution in [-0.2, 0) is 0 Å². The Morgan fingerprint density at radius 2 is 2.10 bits per heavy atom. The van der Waals surface area contributed by atoms with E-state index in [9.17, 15) is 4.79 Å². The molecule has 1 amide bonds. The molecule has 1 aromatic carbocycles. The Labute approximate surface area is 127 Å². The summed E-state index contributed by atoms with van der Waals surface area (Å²) in [4.78, 5) is 18.6. The topological polar surface area (TPSA) is 33.2 Å². The van der Waals surface area contributed by atoms with Crippen molar-refractivity contribution in [1.29, 1.82) is 0 Å². The molecule has 0 saturated carbocycles. The number of rotatable bonds is 2. The molecule has 0 spiro atoms. The molecule has 1 atom stereocenters. The summed E-state index contributed by atoms with van der Waals surface area (Å²) in [6.07, 6.45) is 3.57. The van der Waals surface area contributed by atoms with Gasteiger partial charge >= 0.3 is 0 Å². The lowest BCUT2D eigenvalue weighted by Crippen LogP contribution is -2.30. The number of aromatic nitrogens is 1. The average Bonchev–Trinajstić information content (AvgIpc) is 2.97. The number of halogens is 1. The molecule has 3 rings (SSSR count). The van der Waals surface area contributed by atoms with Crippen LogP contribution in [-0.4, -0.2) is 28.1 Å². The number of thioether (sulfide) groups is 1. The van der Waals surface area contributed by atoms with Gasteiger partial charge in [-0.1, -0.05) is 17.7 Å². The maximum atomic E-state index is 12.6. The second kappa shape index (κ2) is 5.85. The van der Waals surface area contributed by atoms with Crippen molar-refractivity contribution in [3.05, 3.63) is 64.9 Å². The Kier molecular flexibility index (Phi) is 3.94. The first-order valence-corrected chi connectivity index (χ1v) is 7.76. The van der Waals surface area contributed by atoms with Crippen LogP contribution in [0.15, 0.2) is 48.8 Å². The minimum Gasteiger partial charge on any atom is -0.322 e. The molecular formula is C15H13ClN2OS. The molecule has 1 saturated heterocycles. The van der Waals surface area contributed by atoms with E-state index in [0.29, 0.717) is 10.6 Å². The third-order valence-corrected chi connectivity index (χ3v) is 4.73. The normalized spacial score (nSPS) is 18.2. The Balaban J connectivity index is 1.85. The molecule has 0 radical (unpaired) electrons. The van der Waals surface area contributed by atoms with E-state index in [4.69, 9.17) is 11.6 Å². The molecule has 2 heterocycles. The van der Waals surface area contributed by atoms with E-state index in [1.54, 1.807) is 42.2 Å². The van der Waals surface area contributed by atoms with E-state index in [1.807, 2.05) is 23.2 Å². The van der Waals surface area contributed by atoms with E-state index >= 15 is 0 Å². The predicted octanol–water partition coefficient (Wildman–Crippen LogP) is 3.62. The fourth-order valence-electron chi connectivity index (χ4n) is 2.23. The van der Waals surface area contributed by atoms with E-state index in [1.165, 1.54) is 0 Å². The lowest BCUT2D eigenvalue weighted by molar-refractivity contribution is 0.0760. The summed E-state index contributed by atoms with van der Waals surface area (Å²) in [5.74, 6) is 0.985. The third kappa shape index (κ3) is 2.67. The van der Waals surface area contributed by atoms with E-state index in [0.717, 1.165) is 17.9 Å². The van der Waals surface area contributed by atoms with E-state index in [2.05, 4.69) is 4.98 Å². The third-order valence-electron chi connectivity index (χ3n) is 3.21. The average molecular weight is 305 g/mol. The molecule has 1 aromatic heterocycles. The molecule has 20 heavy (non-hydrogen) atoms. The largest absolute Gasteiger partial charge is 0.322 e. The number of amides is 1. The summed E-state index contributed by atoms with van der Waals surface area (Å²) in [5, 5.41) is 0.688. The van der Waals surface area contributed by atoms with Crippen LogP contribution in [0.3, 0.4) is 0 Å². The number of hydrogen-bond acceptors (Lipinski definition) is 3. The highest BCUT2D eigenvalue weighted by molar-refractivity contribution is 7.99. The van der Waals surface area contributed by atoms with Crippen LogP contribution in [0.2, 0.25) is 5.02 Å². The van der Waals surface area contributed by atoms with Gasteiger partial charge in [-0.05, 0) is 30.3 Å². The van der Waals surface area contributed by atoms with Crippen molar-refractivity contribution in [2.45, 2.75) is 5.37 Å². The van der Waals surface area contributed by atoms with Crippen LogP contribution in [0.25, 0.3) is 0 Å². The quantitative estimate of drug-likeness (QED) is 0.849. The first-order valence-electron chi connectivity index (χ1n) is 6.34. The zero-order chi connectivity index (χ0) is 13.9. The summed E-state index contributed by atoms with van der Waals surface area (Å²) in [6, 6.07) is 11.0. The number of nitrogens with zero attached hydrogens (tertiary/aromatic N) is 2. The molecule has 102 valence electrons. The first-order chi connectivity index (χ1) is 9.75. The zero-order valence-corrected chi connectivity index (χ0v) is 12.3. The molecule has 1 aliphatic rings. The van der Waals surface area contributed by atoms with Gasteiger partial charge in [-0.15, -0.1) is 11.8 Å². The van der Waals surface area contributed by atoms with Gasteiger partial charge in [0, 0.05) is 40.8 Å². The van der Waals surface area contributed by atoms with Crippen molar-refractivity contribution in [2.24, 2.45) is 0 Å². The highest BCUT2D eigenvalue weighted by atomic mass is 35.5. The number of pyridine rings is 1. The Morgan fingerprint density at radius 3 is 2.80 bits per heavy atom. The van der Waals surface area contributed by atoms with Gasteiger partial charge in [-0.25, -0.2) is 0 Å². The van der Waals surface area contributed by atoms with Crippen molar-refractivity contribution in [2.75, 3.05) is 12.3 Å². The van der Waals surface area contributed by atoms with Gasteiger partial charge in [-0.3, -0.25) is 9.78 Å². The highest BCUT2D eigenvalue weighted by Crippen LogP contribution is 2.38. The number of carbonyl (C=O) groups excluding carboxylic acids is 1. The van der Waals surface area contributed by atoms with Gasteiger partial charge in [-0.2, -0.15) is 0 Å². The molecule has 1 fully saturated rings. The summed E-state index contributed by atoms with van der Waals surface area (Å²) >= 11 is 7.63. The highest BCUT2D eigenvalue weighted by Gasteiger charge is 2.31. The molecule has 0 bridgehead atoms. The summed E-state index contributed by atoms with van der Waals surface area (Å²) in [5.41, 5.74) is 1.74. The molecule has 5 heteroatoms.